The fourth-order valence-electron chi connectivity index (χ4n) is 1.83. The number of aromatic nitrogens is 1. The lowest BCUT2D eigenvalue weighted by atomic mass is 10.1. The van der Waals surface area contributed by atoms with Crippen molar-refractivity contribution in [3.05, 3.63) is 28.8 Å². The first-order valence-electron chi connectivity index (χ1n) is 5.64. The number of sulfonamides is 1. The van der Waals surface area contributed by atoms with E-state index in [9.17, 15) is 12.8 Å². The highest BCUT2D eigenvalue weighted by molar-refractivity contribution is 7.88. The van der Waals surface area contributed by atoms with Gasteiger partial charge in [-0.3, -0.25) is 0 Å². The normalized spacial score (nSPS) is 20.1. The first-order chi connectivity index (χ1) is 8.86. The maximum atomic E-state index is 13.5. The molecule has 1 atom stereocenters. The largest absolute Gasteiger partial charge is 0.243 e. The lowest BCUT2D eigenvalue weighted by molar-refractivity contribution is 0.477. The molecule has 1 aromatic rings. The lowest BCUT2D eigenvalue weighted by Crippen LogP contribution is -2.27. The number of hydrogen-bond acceptors (Lipinski definition) is 3. The zero-order valence-electron chi connectivity index (χ0n) is 10.2. The van der Waals surface area contributed by atoms with E-state index in [1.54, 1.807) is 0 Å². The predicted octanol–water partition coefficient (Wildman–Crippen LogP) is 1.51. The second-order valence-corrected chi connectivity index (χ2v) is 6.73. The third kappa shape index (κ3) is 3.66. The summed E-state index contributed by atoms with van der Waals surface area (Å²) in [5, 5.41) is 0.0761. The van der Waals surface area contributed by atoms with E-state index >= 15 is 0 Å². The molecule has 1 saturated heterocycles. The van der Waals surface area contributed by atoms with E-state index in [-0.39, 0.29) is 16.6 Å². The maximum Gasteiger partial charge on any atom is 0.211 e. The van der Waals surface area contributed by atoms with Gasteiger partial charge in [0, 0.05) is 31.3 Å². The van der Waals surface area contributed by atoms with Gasteiger partial charge in [0.05, 0.1) is 11.8 Å². The second-order valence-electron chi connectivity index (χ2n) is 4.36. The molecular weight excluding hydrogens is 291 g/mol. The molecule has 1 unspecified atom stereocenters. The first-order valence-corrected chi connectivity index (χ1v) is 7.86. The van der Waals surface area contributed by atoms with E-state index in [4.69, 9.17) is 11.6 Å². The van der Waals surface area contributed by atoms with Crippen LogP contribution in [0, 0.1) is 23.6 Å². The van der Waals surface area contributed by atoms with Gasteiger partial charge in [-0.15, -0.1) is 0 Å². The van der Waals surface area contributed by atoms with Gasteiger partial charge < -0.3 is 0 Å². The molecule has 102 valence electrons. The van der Waals surface area contributed by atoms with Crippen LogP contribution >= 0.6 is 11.6 Å². The van der Waals surface area contributed by atoms with Gasteiger partial charge >= 0.3 is 0 Å². The van der Waals surface area contributed by atoms with Crippen LogP contribution in [0.5, 0.6) is 0 Å². The van der Waals surface area contributed by atoms with Crippen molar-refractivity contribution in [1.82, 2.24) is 9.29 Å². The van der Waals surface area contributed by atoms with Crippen LogP contribution in [0.2, 0.25) is 5.15 Å². The molecule has 0 saturated carbocycles. The van der Waals surface area contributed by atoms with Gasteiger partial charge in [-0.25, -0.2) is 22.1 Å². The lowest BCUT2D eigenvalue weighted by Gasteiger charge is -2.10. The second kappa shape index (κ2) is 5.45. The van der Waals surface area contributed by atoms with Crippen molar-refractivity contribution >= 4 is 21.6 Å². The zero-order valence-corrected chi connectivity index (χ0v) is 11.8. The van der Waals surface area contributed by atoms with Gasteiger partial charge in [0.1, 0.15) is 11.0 Å². The smallest absolute Gasteiger partial charge is 0.211 e. The van der Waals surface area contributed by atoms with Crippen LogP contribution in [-0.4, -0.2) is 37.1 Å². The van der Waals surface area contributed by atoms with Crippen LogP contribution in [0.3, 0.4) is 0 Å². The maximum absolute atomic E-state index is 13.5. The minimum absolute atomic E-state index is 0.0761. The van der Waals surface area contributed by atoms with Gasteiger partial charge in [-0.1, -0.05) is 23.4 Å². The van der Waals surface area contributed by atoms with Crippen LogP contribution in [0.15, 0.2) is 12.3 Å². The van der Waals surface area contributed by atoms with Crippen LogP contribution in [0.1, 0.15) is 12.0 Å². The molecule has 2 rings (SSSR count). The molecule has 0 spiro atoms. The predicted molar refractivity (Wildman–Crippen MR) is 70.6 cm³/mol. The van der Waals surface area contributed by atoms with E-state index < -0.39 is 15.8 Å². The number of rotatable bonds is 1. The minimum atomic E-state index is -3.17. The van der Waals surface area contributed by atoms with Gasteiger partial charge in [0.2, 0.25) is 10.0 Å². The Morgan fingerprint density at radius 2 is 2.32 bits per heavy atom. The van der Waals surface area contributed by atoms with Crippen molar-refractivity contribution in [3.8, 4) is 11.8 Å². The molecule has 4 nitrogen and oxygen atoms in total. The summed E-state index contributed by atoms with van der Waals surface area (Å²) in [7, 11) is -3.17. The third-order valence-corrected chi connectivity index (χ3v) is 4.33. The van der Waals surface area contributed by atoms with E-state index in [1.165, 1.54) is 16.8 Å². The standard InChI is InChI=1S/C12H12ClFN2O2S/c1-19(17,18)16-5-4-9(8-16)2-3-10-7-15-12(13)6-11(10)14/h6-7,9H,4-5,8H2,1H3. The Labute approximate surface area is 116 Å². The zero-order chi connectivity index (χ0) is 14.0. The molecule has 1 fully saturated rings. The van der Waals surface area contributed by atoms with E-state index in [0.717, 1.165) is 6.07 Å². The molecule has 7 heteroatoms. The van der Waals surface area contributed by atoms with Crippen LogP contribution in [0.25, 0.3) is 0 Å². The Morgan fingerprint density at radius 1 is 1.58 bits per heavy atom. The third-order valence-electron chi connectivity index (χ3n) is 2.85. The molecule has 2 heterocycles. The van der Waals surface area contributed by atoms with Gasteiger partial charge in [0.15, 0.2) is 0 Å². The van der Waals surface area contributed by atoms with Gasteiger partial charge in [-0.05, 0) is 6.42 Å². The Bertz CT molecular complexity index is 651. The summed E-state index contributed by atoms with van der Waals surface area (Å²) in [5.41, 5.74) is 0.169. The molecule has 1 aliphatic rings. The van der Waals surface area contributed by atoms with Crippen LogP contribution in [-0.2, 0) is 10.0 Å². The highest BCUT2D eigenvalue weighted by Crippen LogP contribution is 2.18. The summed E-state index contributed by atoms with van der Waals surface area (Å²) >= 11 is 5.54. The van der Waals surface area contributed by atoms with Crippen molar-refractivity contribution in [1.29, 1.82) is 0 Å². The number of hydrogen-bond donors (Lipinski definition) is 0. The summed E-state index contributed by atoms with van der Waals surface area (Å²) in [6.45, 7) is 0.813. The summed E-state index contributed by atoms with van der Waals surface area (Å²) in [4.78, 5) is 3.76. The first kappa shape index (κ1) is 14.3. The quantitative estimate of drug-likeness (QED) is 0.583. The molecule has 0 aliphatic carbocycles. The Morgan fingerprint density at radius 3 is 2.89 bits per heavy atom. The van der Waals surface area contributed by atoms with Crippen molar-refractivity contribution in [3.63, 3.8) is 0 Å². The van der Waals surface area contributed by atoms with E-state index in [0.29, 0.717) is 19.5 Å². The highest BCUT2D eigenvalue weighted by Gasteiger charge is 2.27. The monoisotopic (exact) mass is 302 g/mol. The van der Waals surface area contributed by atoms with E-state index in [1.807, 2.05) is 0 Å². The fraction of sp³-hybridized carbons (Fsp3) is 0.417. The molecule has 0 radical (unpaired) electrons. The molecule has 1 aromatic heterocycles. The molecule has 0 bridgehead atoms. The number of halogens is 2. The summed E-state index contributed by atoms with van der Waals surface area (Å²) in [6.07, 6.45) is 3.10. The Hall–Kier alpha value is -1.16. The summed E-state index contributed by atoms with van der Waals surface area (Å²) in [6, 6.07) is 1.10. The summed E-state index contributed by atoms with van der Waals surface area (Å²) < 4.78 is 37.5. The number of pyridine rings is 1. The molecule has 0 amide bonds. The van der Waals surface area contributed by atoms with Crippen molar-refractivity contribution in [2.45, 2.75) is 6.42 Å². The van der Waals surface area contributed by atoms with Crippen molar-refractivity contribution in [2.24, 2.45) is 5.92 Å². The SMILES string of the molecule is CS(=O)(=O)N1CCC(C#Cc2cnc(Cl)cc2F)C1. The average Bonchev–Trinajstić information content (AvgIpc) is 2.76. The summed E-state index contributed by atoms with van der Waals surface area (Å²) in [5.74, 6) is 4.97. The van der Waals surface area contributed by atoms with Crippen molar-refractivity contribution < 1.29 is 12.8 Å². The Kier molecular flexibility index (Phi) is 4.09. The van der Waals surface area contributed by atoms with Crippen LogP contribution < -0.4 is 0 Å². The Balaban J connectivity index is 2.10. The molecule has 0 N–H and O–H groups in total. The highest BCUT2D eigenvalue weighted by atomic mass is 35.5. The van der Waals surface area contributed by atoms with Crippen molar-refractivity contribution in [2.75, 3.05) is 19.3 Å². The van der Waals surface area contributed by atoms with Gasteiger partial charge in [0.25, 0.3) is 0 Å². The molecule has 0 aromatic carbocycles. The molecule has 19 heavy (non-hydrogen) atoms. The molecular formula is C12H12ClFN2O2S. The average molecular weight is 303 g/mol. The molecule has 1 aliphatic heterocycles. The number of nitrogens with zero attached hydrogens (tertiary/aromatic N) is 2. The van der Waals surface area contributed by atoms with Crippen LogP contribution in [0.4, 0.5) is 4.39 Å². The van der Waals surface area contributed by atoms with Gasteiger partial charge in [-0.2, -0.15) is 0 Å². The van der Waals surface area contributed by atoms with E-state index in [2.05, 4.69) is 16.8 Å². The minimum Gasteiger partial charge on any atom is -0.243 e. The fourth-order valence-corrected chi connectivity index (χ4v) is 2.86. The topological polar surface area (TPSA) is 50.3 Å².